The quantitative estimate of drug-likeness (QED) is 0.788. The molecule has 0 spiro atoms. The molecule has 0 aliphatic carbocycles. The van der Waals surface area contributed by atoms with Gasteiger partial charge in [-0.2, -0.15) is 3.71 Å². The first-order valence-corrected chi connectivity index (χ1v) is 9.66. The van der Waals surface area contributed by atoms with Crippen LogP contribution in [-0.4, -0.2) is 39.8 Å². The predicted molar refractivity (Wildman–Crippen MR) is 94.8 cm³/mol. The number of aromatic nitrogens is 1. The maximum absolute atomic E-state index is 12.1. The molecule has 1 aliphatic heterocycles. The van der Waals surface area contributed by atoms with Crippen molar-refractivity contribution in [2.24, 2.45) is 0 Å². The van der Waals surface area contributed by atoms with Gasteiger partial charge in [0.05, 0.1) is 12.1 Å². The average molecular weight is 336 g/mol. The normalized spacial score (nSPS) is 17.5. The van der Waals surface area contributed by atoms with E-state index in [-0.39, 0.29) is 5.91 Å². The molecule has 0 saturated carbocycles. The number of hydrogen-bond acceptors (Lipinski definition) is 5. The van der Waals surface area contributed by atoms with Gasteiger partial charge in [0.15, 0.2) is 0 Å². The van der Waals surface area contributed by atoms with E-state index in [9.17, 15) is 4.79 Å². The lowest BCUT2D eigenvalue weighted by molar-refractivity contribution is 0.0925. The molecule has 2 aromatic rings. The van der Waals surface area contributed by atoms with E-state index in [4.69, 9.17) is 4.74 Å². The van der Waals surface area contributed by atoms with Crippen LogP contribution in [0.4, 0.5) is 0 Å². The fraction of sp³-hybridized carbons (Fsp3) is 0.438. The minimum Gasteiger partial charge on any atom is -0.478 e. The van der Waals surface area contributed by atoms with Gasteiger partial charge in [-0.25, -0.2) is 0 Å². The van der Waals surface area contributed by atoms with E-state index in [0.717, 1.165) is 29.7 Å². The molecule has 1 unspecified atom stereocenters. The van der Waals surface area contributed by atoms with Crippen LogP contribution in [0.25, 0.3) is 10.9 Å². The van der Waals surface area contributed by atoms with Gasteiger partial charge in [0.1, 0.15) is 0 Å². The first kappa shape index (κ1) is 15.8. The molecule has 2 heterocycles. The Labute approximate surface area is 139 Å². The molecule has 118 valence electrons. The van der Waals surface area contributed by atoms with E-state index in [0.29, 0.717) is 12.5 Å². The lowest BCUT2D eigenvalue weighted by atomic mass is 9.94. The van der Waals surface area contributed by atoms with Crippen LogP contribution >= 0.6 is 23.9 Å². The van der Waals surface area contributed by atoms with Crippen molar-refractivity contribution in [3.8, 4) is 5.88 Å². The van der Waals surface area contributed by atoms with Gasteiger partial charge in [0.25, 0.3) is 0 Å². The molecule has 0 amide bonds. The van der Waals surface area contributed by atoms with Crippen molar-refractivity contribution in [2.45, 2.75) is 19.3 Å². The number of benzene rings is 1. The van der Waals surface area contributed by atoms with Crippen LogP contribution in [0.15, 0.2) is 24.3 Å². The van der Waals surface area contributed by atoms with Crippen molar-refractivity contribution < 1.29 is 9.53 Å². The van der Waals surface area contributed by atoms with E-state index < -0.39 is 0 Å². The van der Waals surface area contributed by atoms with Crippen LogP contribution in [-0.2, 0) is 0 Å². The van der Waals surface area contributed by atoms with Gasteiger partial charge in [-0.05, 0) is 25.0 Å². The summed E-state index contributed by atoms with van der Waals surface area (Å²) in [5, 5.41) is 1.14. The number of carbonyl (C=O) groups excluding carboxylic acids is 1. The molecular formula is C16H20N2O2S2. The number of para-hydroxylation sites is 1. The number of ether oxygens (including phenoxy) is 1. The average Bonchev–Trinajstić information content (AvgIpc) is 2.87. The molecule has 0 fully saturated rings. The fourth-order valence-corrected chi connectivity index (χ4v) is 4.37. The first-order chi connectivity index (χ1) is 10.7. The van der Waals surface area contributed by atoms with Crippen molar-refractivity contribution >= 4 is 40.7 Å². The highest BCUT2D eigenvalue weighted by atomic mass is 32.2. The topological polar surface area (TPSA) is 34.5 Å². The molecular weight excluding hydrogens is 316 g/mol. The molecule has 0 N–H and O–H groups in total. The summed E-state index contributed by atoms with van der Waals surface area (Å²) in [6.07, 6.45) is 5.17. The minimum atomic E-state index is 0.00434. The largest absolute Gasteiger partial charge is 0.478 e. The summed E-state index contributed by atoms with van der Waals surface area (Å²) in [7, 11) is 0. The highest BCUT2D eigenvalue weighted by Crippen LogP contribution is 2.43. The zero-order chi connectivity index (χ0) is 15.7. The maximum atomic E-state index is 12.1. The van der Waals surface area contributed by atoms with Crippen LogP contribution in [0.3, 0.4) is 0 Å². The Kier molecular flexibility index (Phi) is 4.70. The van der Waals surface area contributed by atoms with Gasteiger partial charge < -0.3 is 4.74 Å². The molecule has 0 bridgehead atoms. The molecule has 4 nitrogen and oxygen atoms in total. The van der Waals surface area contributed by atoms with Gasteiger partial charge in [-0.15, -0.1) is 0 Å². The Morgan fingerprint density at radius 2 is 2.09 bits per heavy atom. The molecule has 6 heteroatoms. The molecule has 0 saturated heterocycles. The second-order valence-corrected chi connectivity index (χ2v) is 7.15. The number of nitrogens with zero attached hydrogens (tertiary/aromatic N) is 2. The SMILES string of the molecule is CSN(CC1CCOc2c1c1ccccc1n2C(C)=O)SC. The molecule has 1 aromatic carbocycles. The molecule has 1 atom stereocenters. The monoisotopic (exact) mass is 336 g/mol. The Balaban J connectivity index is 2.13. The smallest absolute Gasteiger partial charge is 0.230 e. The second-order valence-electron chi connectivity index (χ2n) is 5.30. The zero-order valence-corrected chi connectivity index (χ0v) is 14.7. The van der Waals surface area contributed by atoms with Crippen LogP contribution in [0, 0.1) is 0 Å². The highest BCUT2D eigenvalue weighted by Gasteiger charge is 2.31. The number of hydrogen-bond donors (Lipinski definition) is 0. The number of rotatable bonds is 4. The minimum absolute atomic E-state index is 0.00434. The van der Waals surface area contributed by atoms with Crippen molar-refractivity contribution in [3.63, 3.8) is 0 Å². The van der Waals surface area contributed by atoms with Gasteiger partial charge in [-0.1, -0.05) is 42.1 Å². The third kappa shape index (κ3) is 2.64. The lowest BCUT2D eigenvalue weighted by Crippen LogP contribution is -2.23. The first-order valence-electron chi connectivity index (χ1n) is 7.30. The second kappa shape index (κ2) is 6.56. The Morgan fingerprint density at radius 3 is 2.77 bits per heavy atom. The van der Waals surface area contributed by atoms with Gasteiger partial charge in [-0.3, -0.25) is 9.36 Å². The Hall–Kier alpha value is -1.11. The van der Waals surface area contributed by atoms with Crippen molar-refractivity contribution in [1.29, 1.82) is 0 Å². The van der Waals surface area contributed by atoms with Crippen LogP contribution in [0.2, 0.25) is 0 Å². The highest BCUT2D eigenvalue weighted by molar-refractivity contribution is 8.11. The van der Waals surface area contributed by atoms with E-state index >= 15 is 0 Å². The molecule has 1 aromatic heterocycles. The van der Waals surface area contributed by atoms with Crippen LogP contribution in [0.1, 0.15) is 29.6 Å². The third-order valence-electron chi connectivity index (χ3n) is 4.07. The zero-order valence-electron chi connectivity index (χ0n) is 13.0. The number of fused-ring (bicyclic) bond motifs is 3. The Morgan fingerprint density at radius 1 is 1.36 bits per heavy atom. The summed E-state index contributed by atoms with van der Waals surface area (Å²) in [5.74, 6) is 1.13. The van der Waals surface area contributed by atoms with Crippen LogP contribution < -0.4 is 4.74 Å². The van der Waals surface area contributed by atoms with Gasteiger partial charge in [0, 0.05) is 30.3 Å². The molecule has 22 heavy (non-hydrogen) atoms. The van der Waals surface area contributed by atoms with Gasteiger partial charge in [0.2, 0.25) is 11.8 Å². The summed E-state index contributed by atoms with van der Waals surface area (Å²) in [6, 6.07) is 8.09. The maximum Gasteiger partial charge on any atom is 0.230 e. The number of carbonyl (C=O) groups is 1. The molecule has 3 rings (SSSR count). The summed E-state index contributed by atoms with van der Waals surface area (Å²) in [6.45, 7) is 3.21. The van der Waals surface area contributed by atoms with Crippen molar-refractivity contribution in [3.05, 3.63) is 29.8 Å². The van der Waals surface area contributed by atoms with E-state index in [1.54, 1.807) is 35.4 Å². The predicted octanol–water partition coefficient (Wildman–Crippen LogP) is 4.03. The summed E-state index contributed by atoms with van der Waals surface area (Å²) < 4.78 is 9.89. The summed E-state index contributed by atoms with van der Waals surface area (Å²) in [4.78, 5) is 12.1. The van der Waals surface area contributed by atoms with Crippen LogP contribution in [0.5, 0.6) is 5.88 Å². The van der Waals surface area contributed by atoms with Crippen molar-refractivity contribution in [1.82, 2.24) is 8.28 Å². The summed E-state index contributed by atoms with van der Waals surface area (Å²) in [5.41, 5.74) is 2.14. The Bertz CT molecular complexity index is 695. The van der Waals surface area contributed by atoms with Crippen molar-refractivity contribution in [2.75, 3.05) is 25.7 Å². The van der Waals surface area contributed by atoms with E-state index in [2.05, 4.69) is 22.3 Å². The van der Waals surface area contributed by atoms with Gasteiger partial charge >= 0.3 is 0 Å². The lowest BCUT2D eigenvalue weighted by Gasteiger charge is -2.28. The molecule has 0 radical (unpaired) electrons. The molecule has 1 aliphatic rings. The summed E-state index contributed by atoms with van der Waals surface area (Å²) >= 11 is 3.48. The fourth-order valence-electron chi connectivity index (χ4n) is 3.12. The standard InChI is InChI=1S/C16H20N2O2S2/c1-11(19)18-14-7-5-4-6-13(14)15-12(8-9-20-16(15)18)10-17(21-2)22-3/h4-7,12H,8-10H2,1-3H3. The van der Waals surface area contributed by atoms with E-state index in [1.807, 2.05) is 18.2 Å². The third-order valence-corrected chi connectivity index (χ3v) is 6.08. The van der Waals surface area contributed by atoms with E-state index in [1.165, 1.54) is 5.56 Å².